The Kier molecular flexibility index (Phi) is 7.38. The van der Waals surface area contributed by atoms with Crippen LogP contribution in [0, 0.1) is 11.8 Å². The number of benzene rings is 1. The van der Waals surface area contributed by atoms with Crippen LogP contribution < -0.4 is 10.6 Å². The molecule has 0 spiro atoms. The van der Waals surface area contributed by atoms with E-state index in [2.05, 4.69) is 24.5 Å². The number of amides is 2. The Labute approximate surface area is 161 Å². The van der Waals surface area contributed by atoms with Gasteiger partial charge in [-0.2, -0.15) is 4.31 Å². The molecule has 1 saturated heterocycles. The molecular formula is C19H29N3O4S. The Morgan fingerprint density at radius 3 is 2.22 bits per heavy atom. The Balaban J connectivity index is 2.01. The first kappa shape index (κ1) is 21.4. The van der Waals surface area contributed by atoms with Crippen molar-refractivity contribution in [1.82, 2.24) is 14.9 Å². The van der Waals surface area contributed by atoms with Crippen LogP contribution >= 0.6 is 0 Å². The summed E-state index contributed by atoms with van der Waals surface area (Å²) in [7, 11) is -3.57. The van der Waals surface area contributed by atoms with Crippen LogP contribution in [0.1, 0.15) is 44.0 Å². The van der Waals surface area contributed by atoms with Crippen molar-refractivity contribution < 1.29 is 18.0 Å². The molecule has 1 heterocycles. The van der Waals surface area contributed by atoms with Gasteiger partial charge in [0.25, 0.3) is 5.91 Å². The quantitative estimate of drug-likeness (QED) is 0.733. The highest BCUT2D eigenvalue weighted by molar-refractivity contribution is 7.89. The monoisotopic (exact) mass is 395 g/mol. The third-order valence-corrected chi connectivity index (χ3v) is 6.42. The summed E-state index contributed by atoms with van der Waals surface area (Å²) in [6, 6.07) is 5.85. The Morgan fingerprint density at radius 1 is 1.07 bits per heavy atom. The minimum absolute atomic E-state index is 0.109. The second-order valence-electron chi connectivity index (χ2n) is 7.33. The molecule has 0 aliphatic carbocycles. The summed E-state index contributed by atoms with van der Waals surface area (Å²) in [5.74, 6) is -0.0107. The molecule has 0 unspecified atom stereocenters. The molecule has 1 aromatic carbocycles. The first-order valence-electron chi connectivity index (χ1n) is 9.39. The first-order valence-corrected chi connectivity index (χ1v) is 10.8. The van der Waals surface area contributed by atoms with E-state index in [-0.39, 0.29) is 17.3 Å². The van der Waals surface area contributed by atoms with Gasteiger partial charge in [0, 0.05) is 25.2 Å². The molecule has 1 aliphatic heterocycles. The Hall–Kier alpha value is -1.93. The van der Waals surface area contributed by atoms with Gasteiger partial charge in [0.05, 0.1) is 11.4 Å². The van der Waals surface area contributed by atoms with Gasteiger partial charge in [0.2, 0.25) is 15.9 Å². The van der Waals surface area contributed by atoms with E-state index in [4.69, 9.17) is 0 Å². The number of hydrogen-bond donors (Lipinski definition) is 2. The third-order valence-electron chi connectivity index (χ3n) is 4.57. The number of hydrogen-bond acceptors (Lipinski definition) is 4. The van der Waals surface area contributed by atoms with Gasteiger partial charge in [-0.25, -0.2) is 8.42 Å². The van der Waals surface area contributed by atoms with Crippen molar-refractivity contribution in [1.29, 1.82) is 0 Å². The van der Waals surface area contributed by atoms with Crippen molar-refractivity contribution in [3.63, 3.8) is 0 Å². The van der Waals surface area contributed by atoms with Gasteiger partial charge in [-0.15, -0.1) is 0 Å². The lowest BCUT2D eigenvalue weighted by atomic mass is 9.94. The van der Waals surface area contributed by atoms with E-state index in [1.165, 1.54) is 28.6 Å². The van der Waals surface area contributed by atoms with Gasteiger partial charge in [-0.3, -0.25) is 9.59 Å². The number of carbonyl (C=O) groups is 2. The smallest absolute Gasteiger partial charge is 0.251 e. The summed E-state index contributed by atoms with van der Waals surface area (Å²) in [6.45, 7) is 7.55. The number of piperidine rings is 1. The molecule has 2 amide bonds. The molecule has 2 rings (SSSR count). The minimum atomic E-state index is -3.57. The van der Waals surface area contributed by atoms with Crippen molar-refractivity contribution in [2.75, 3.05) is 26.2 Å². The van der Waals surface area contributed by atoms with Gasteiger partial charge in [-0.1, -0.05) is 20.8 Å². The van der Waals surface area contributed by atoms with Gasteiger partial charge in [-0.05, 0) is 48.9 Å². The van der Waals surface area contributed by atoms with Crippen LogP contribution in [0.3, 0.4) is 0 Å². The van der Waals surface area contributed by atoms with Crippen molar-refractivity contribution in [3.8, 4) is 0 Å². The van der Waals surface area contributed by atoms with Gasteiger partial charge < -0.3 is 10.6 Å². The van der Waals surface area contributed by atoms with Crippen LogP contribution in [0.2, 0.25) is 0 Å². The second kappa shape index (κ2) is 9.32. The van der Waals surface area contributed by atoms with Crippen LogP contribution in [0.4, 0.5) is 0 Å². The van der Waals surface area contributed by atoms with Gasteiger partial charge in [0.15, 0.2) is 0 Å². The number of nitrogens with zero attached hydrogens (tertiary/aromatic N) is 1. The SMILES string of the molecule is CCCNC(=O)CNC(=O)c1ccc(S(=O)(=O)N2C[C@@H](C)C[C@H](C)C2)cc1. The van der Waals surface area contributed by atoms with Crippen molar-refractivity contribution in [3.05, 3.63) is 29.8 Å². The van der Waals surface area contributed by atoms with Crippen molar-refractivity contribution in [2.24, 2.45) is 11.8 Å². The highest BCUT2D eigenvalue weighted by Crippen LogP contribution is 2.26. The fraction of sp³-hybridized carbons (Fsp3) is 0.579. The number of rotatable bonds is 7. The van der Waals surface area contributed by atoms with E-state index >= 15 is 0 Å². The van der Waals surface area contributed by atoms with E-state index < -0.39 is 15.9 Å². The largest absolute Gasteiger partial charge is 0.355 e. The van der Waals surface area contributed by atoms with Crippen molar-refractivity contribution in [2.45, 2.75) is 38.5 Å². The maximum atomic E-state index is 12.8. The summed E-state index contributed by atoms with van der Waals surface area (Å²) < 4.78 is 27.2. The van der Waals surface area contributed by atoms with Gasteiger partial charge in [0.1, 0.15) is 0 Å². The second-order valence-corrected chi connectivity index (χ2v) is 9.26. The lowest BCUT2D eigenvalue weighted by Gasteiger charge is -2.34. The summed E-state index contributed by atoms with van der Waals surface area (Å²) in [4.78, 5) is 23.8. The van der Waals surface area contributed by atoms with Gasteiger partial charge >= 0.3 is 0 Å². The third kappa shape index (κ3) is 5.77. The maximum Gasteiger partial charge on any atom is 0.251 e. The van der Waals surface area contributed by atoms with Crippen LogP contribution in [0.25, 0.3) is 0 Å². The fourth-order valence-corrected chi connectivity index (χ4v) is 5.00. The summed E-state index contributed by atoms with van der Waals surface area (Å²) in [6.07, 6.45) is 1.85. The Bertz CT molecular complexity index is 752. The maximum absolute atomic E-state index is 12.8. The molecular weight excluding hydrogens is 366 g/mol. The molecule has 1 fully saturated rings. The normalized spacial score (nSPS) is 20.9. The zero-order chi connectivity index (χ0) is 20.0. The summed E-state index contributed by atoms with van der Waals surface area (Å²) in [5.41, 5.74) is 0.317. The standard InChI is InChI=1S/C19H29N3O4S/c1-4-9-20-18(23)11-21-19(24)16-5-7-17(8-6-16)27(25,26)22-12-14(2)10-15(3)13-22/h5-8,14-15H,4,9-13H2,1-3H3,(H,20,23)(H,21,24)/t14-,15-/m0/s1. The number of carbonyl (C=O) groups excluding carboxylic acids is 2. The lowest BCUT2D eigenvalue weighted by molar-refractivity contribution is -0.120. The fourth-order valence-electron chi connectivity index (χ4n) is 3.32. The topological polar surface area (TPSA) is 95.6 Å². The highest BCUT2D eigenvalue weighted by atomic mass is 32.2. The lowest BCUT2D eigenvalue weighted by Crippen LogP contribution is -2.42. The zero-order valence-electron chi connectivity index (χ0n) is 16.2. The molecule has 0 radical (unpaired) electrons. The van der Waals surface area contributed by atoms with Crippen LogP contribution in [0.5, 0.6) is 0 Å². The van der Waals surface area contributed by atoms with E-state index in [0.29, 0.717) is 37.0 Å². The molecule has 1 aromatic rings. The number of nitrogens with one attached hydrogen (secondary N) is 2. The zero-order valence-corrected chi connectivity index (χ0v) is 17.0. The molecule has 27 heavy (non-hydrogen) atoms. The Morgan fingerprint density at radius 2 is 1.67 bits per heavy atom. The predicted octanol–water partition coefficient (Wildman–Crippen LogP) is 1.61. The molecule has 0 bridgehead atoms. The molecule has 7 nitrogen and oxygen atoms in total. The van der Waals surface area contributed by atoms with Crippen molar-refractivity contribution >= 4 is 21.8 Å². The summed E-state index contributed by atoms with van der Waals surface area (Å²) in [5, 5.41) is 5.20. The van der Waals surface area contributed by atoms with Crippen LogP contribution in [0.15, 0.2) is 29.2 Å². The van der Waals surface area contributed by atoms with E-state index in [0.717, 1.165) is 12.8 Å². The van der Waals surface area contributed by atoms with E-state index in [1.54, 1.807) is 0 Å². The summed E-state index contributed by atoms with van der Waals surface area (Å²) >= 11 is 0. The average Bonchev–Trinajstić information content (AvgIpc) is 2.63. The molecule has 0 saturated carbocycles. The molecule has 8 heteroatoms. The minimum Gasteiger partial charge on any atom is -0.355 e. The molecule has 2 N–H and O–H groups in total. The molecule has 2 atom stereocenters. The molecule has 1 aliphatic rings. The number of sulfonamides is 1. The average molecular weight is 396 g/mol. The molecule has 0 aromatic heterocycles. The predicted molar refractivity (Wildman–Crippen MR) is 104 cm³/mol. The van der Waals surface area contributed by atoms with E-state index in [9.17, 15) is 18.0 Å². The first-order chi connectivity index (χ1) is 12.7. The van der Waals surface area contributed by atoms with Crippen LogP contribution in [-0.4, -0.2) is 50.7 Å². The molecule has 150 valence electrons. The van der Waals surface area contributed by atoms with E-state index in [1.807, 2.05) is 6.92 Å². The van der Waals surface area contributed by atoms with Crippen LogP contribution in [-0.2, 0) is 14.8 Å². The highest BCUT2D eigenvalue weighted by Gasteiger charge is 2.31.